The zero-order valence-electron chi connectivity index (χ0n) is 16.2. The third-order valence-electron chi connectivity index (χ3n) is 4.10. The van der Waals surface area contributed by atoms with E-state index in [1.54, 1.807) is 36.4 Å². The number of hydrogen-bond donors (Lipinski definition) is 2. The molecule has 7 heteroatoms. The summed E-state index contributed by atoms with van der Waals surface area (Å²) in [5.41, 5.74) is 2.32. The molecular formula is C22H22N2O4S. The van der Waals surface area contributed by atoms with E-state index in [1.807, 2.05) is 32.0 Å². The summed E-state index contributed by atoms with van der Waals surface area (Å²) in [7, 11) is -3.84. The second-order valence-electron chi connectivity index (χ2n) is 6.41. The molecule has 2 N–H and O–H groups in total. The number of ether oxygens (including phenoxy) is 1. The minimum absolute atomic E-state index is 0.00303. The fraction of sp³-hybridized carbons (Fsp3) is 0.136. The lowest BCUT2D eigenvalue weighted by Crippen LogP contribution is -2.16. The summed E-state index contributed by atoms with van der Waals surface area (Å²) in [6.07, 6.45) is 0. The highest BCUT2D eigenvalue weighted by Gasteiger charge is 2.17. The molecule has 3 aromatic rings. The summed E-state index contributed by atoms with van der Waals surface area (Å²) >= 11 is 0. The van der Waals surface area contributed by atoms with Crippen LogP contribution in [0.2, 0.25) is 0 Å². The first kappa shape index (κ1) is 20.4. The van der Waals surface area contributed by atoms with Crippen LogP contribution in [-0.2, 0) is 10.0 Å². The smallest absolute Gasteiger partial charge is 0.261 e. The largest absolute Gasteiger partial charge is 0.494 e. The first-order chi connectivity index (χ1) is 13.9. The van der Waals surface area contributed by atoms with Crippen molar-refractivity contribution < 1.29 is 17.9 Å². The van der Waals surface area contributed by atoms with Gasteiger partial charge in [-0.15, -0.1) is 0 Å². The van der Waals surface area contributed by atoms with Crippen molar-refractivity contribution in [2.24, 2.45) is 0 Å². The predicted molar refractivity (Wildman–Crippen MR) is 114 cm³/mol. The van der Waals surface area contributed by atoms with Gasteiger partial charge in [-0.1, -0.05) is 18.2 Å². The van der Waals surface area contributed by atoms with E-state index in [2.05, 4.69) is 10.0 Å². The van der Waals surface area contributed by atoms with Crippen molar-refractivity contribution in [3.63, 3.8) is 0 Å². The van der Waals surface area contributed by atoms with Gasteiger partial charge in [0.15, 0.2) is 0 Å². The molecule has 0 aliphatic heterocycles. The molecule has 0 saturated carbocycles. The van der Waals surface area contributed by atoms with E-state index in [4.69, 9.17) is 4.74 Å². The number of rotatable bonds is 7. The van der Waals surface area contributed by atoms with Gasteiger partial charge in [0.2, 0.25) is 0 Å². The van der Waals surface area contributed by atoms with Crippen molar-refractivity contribution >= 4 is 27.3 Å². The van der Waals surface area contributed by atoms with Crippen molar-refractivity contribution in [1.29, 1.82) is 0 Å². The Bertz CT molecular complexity index is 1110. The number of anilines is 2. The molecule has 0 aliphatic rings. The third-order valence-corrected chi connectivity index (χ3v) is 5.48. The van der Waals surface area contributed by atoms with E-state index in [-0.39, 0.29) is 16.4 Å². The zero-order chi connectivity index (χ0) is 20.9. The minimum Gasteiger partial charge on any atom is -0.494 e. The van der Waals surface area contributed by atoms with Gasteiger partial charge in [0.25, 0.3) is 15.9 Å². The molecule has 0 saturated heterocycles. The van der Waals surface area contributed by atoms with Crippen molar-refractivity contribution in [1.82, 2.24) is 0 Å². The van der Waals surface area contributed by atoms with Crippen LogP contribution in [0.25, 0.3) is 0 Å². The summed E-state index contributed by atoms with van der Waals surface area (Å²) in [5, 5.41) is 2.78. The van der Waals surface area contributed by atoms with Crippen LogP contribution in [0.15, 0.2) is 77.7 Å². The van der Waals surface area contributed by atoms with Crippen LogP contribution in [0.1, 0.15) is 22.8 Å². The summed E-state index contributed by atoms with van der Waals surface area (Å²) in [6, 6.07) is 19.9. The summed E-state index contributed by atoms with van der Waals surface area (Å²) < 4.78 is 33.3. The van der Waals surface area contributed by atoms with E-state index in [1.165, 1.54) is 18.2 Å². The average Bonchev–Trinajstić information content (AvgIpc) is 2.70. The maximum Gasteiger partial charge on any atom is 0.261 e. The van der Waals surface area contributed by atoms with Gasteiger partial charge < -0.3 is 10.1 Å². The molecule has 0 heterocycles. The van der Waals surface area contributed by atoms with E-state index < -0.39 is 10.0 Å². The molecule has 6 nitrogen and oxygen atoms in total. The highest BCUT2D eigenvalue weighted by Crippen LogP contribution is 2.21. The van der Waals surface area contributed by atoms with Gasteiger partial charge in [0.05, 0.1) is 11.5 Å². The lowest BCUT2D eigenvalue weighted by atomic mass is 10.2. The molecule has 29 heavy (non-hydrogen) atoms. The first-order valence-corrected chi connectivity index (χ1v) is 10.6. The van der Waals surface area contributed by atoms with Crippen LogP contribution >= 0.6 is 0 Å². The Kier molecular flexibility index (Phi) is 6.19. The Morgan fingerprint density at radius 1 is 0.931 bits per heavy atom. The summed E-state index contributed by atoms with van der Waals surface area (Å²) in [4.78, 5) is 12.5. The lowest BCUT2D eigenvalue weighted by molar-refractivity contribution is 0.102. The molecule has 0 aromatic heterocycles. The van der Waals surface area contributed by atoms with E-state index in [9.17, 15) is 13.2 Å². The van der Waals surface area contributed by atoms with Crippen LogP contribution in [0.3, 0.4) is 0 Å². The van der Waals surface area contributed by atoms with Crippen LogP contribution < -0.4 is 14.8 Å². The maximum absolute atomic E-state index is 12.7. The number of nitrogens with one attached hydrogen (secondary N) is 2. The predicted octanol–water partition coefficient (Wildman–Crippen LogP) is 4.45. The molecule has 0 unspecified atom stereocenters. The van der Waals surface area contributed by atoms with Gasteiger partial charge in [0, 0.05) is 16.9 Å². The monoisotopic (exact) mass is 410 g/mol. The molecule has 3 aromatic carbocycles. The van der Waals surface area contributed by atoms with Crippen molar-refractivity contribution in [3.8, 4) is 5.75 Å². The van der Waals surface area contributed by atoms with Crippen molar-refractivity contribution in [2.45, 2.75) is 18.7 Å². The van der Waals surface area contributed by atoms with Crippen LogP contribution in [-0.4, -0.2) is 20.9 Å². The topological polar surface area (TPSA) is 84.5 Å². The number of hydrogen-bond acceptors (Lipinski definition) is 4. The Hall–Kier alpha value is -3.32. The van der Waals surface area contributed by atoms with Gasteiger partial charge in [0.1, 0.15) is 5.75 Å². The normalized spacial score (nSPS) is 11.0. The summed E-state index contributed by atoms with van der Waals surface area (Å²) in [5.74, 6) is 0.277. The highest BCUT2D eigenvalue weighted by atomic mass is 32.2. The summed E-state index contributed by atoms with van der Waals surface area (Å²) in [6.45, 7) is 4.33. The second-order valence-corrected chi connectivity index (χ2v) is 8.10. The Morgan fingerprint density at radius 2 is 1.66 bits per heavy atom. The van der Waals surface area contributed by atoms with Crippen LogP contribution in [0.5, 0.6) is 5.75 Å². The quantitative estimate of drug-likeness (QED) is 0.603. The Morgan fingerprint density at radius 3 is 2.34 bits per heavy atom. The van der Waals surface area contributed by atoms with Crippen molar-refractivity contribution in [2.75, 3.05) is 16.6 Å². The average molecular weight is 410 g/mol. The molecule has 0 bridgehead atoms. The molecule has 150 valence electrons. The molecule has 0 aliphatic carbocycles. The number of sulfonamides is 1. The van der Waals surface area contributed by atoms with Crippen LogP contribution in [0, 0.1) is 6.92 Å². The standard InChI is InChI=1S/C22H22N2O4S/c1-3-28-20-12-10-18(11-13-20)24-29(26,27)21-9-5-7-17(15-21)22(25)23-19-8-4-6-16(2)14-19/h4-15,24H,3H2,1-2H3,(H,23,25). The number of benzene rings is 3. The number of amides is 1. The third kappa shape index (κ3) is 5.36. The minimum atomic E-state index is -3.84. The molecule has 0 atom stereocenters. The van der Waals surface area contributed by atoms with Gasteiger partial charge >= 0.3 is 0 Å². The van der Waals surface area contributed by atoms with E-state index in [0.29, 0.717) is 23.7 Å². The molecule has 0 radical (unpaired) electrons. The number of carbonyl (C=O) groups excluding carboxylic acids is 1. The van der Waals surface area contributed by atoms with Gasteiger partial charge in [-0.2, -0.15) is 0 Å². The lowest BCUT2D eigenvalue weighted by Gasteiger charge is -2.11. The second kappa shape index (κ2) is 8.79. The molecule has 1 amide bonds. The van der Waals surface area contributed by atoms with Crippen LogP contribution in [0.4, 0.5) is 11.4 Å². The fourth-order valence-corrected chi connectivity index (χ4v) is 3.83. The fourth-order valence-electron chi connectivity index (χ4n) is 2.73. The maximum atomic E-state index is 12.7. The first-order valence-electron chi connectivity index (χ1n) is 9.11. The zero-order valence-corrected chi connectivity index (χ0v) is 17.0. The van der Waals surface area contributed by atoms with E-state index in [0.717, 1.165) is 5.56 Å². The molecular weight excluding hydrogens is 388 g/mol. The SMILES string of the molecule is CCOc1ccc(NS(=O)(=O)c2cccc(C(=O)Nc3cccc(C)c3)c2)cc1. The Balaban J connectivity index is 1.77. The molecule has 3 rings (SSSR count). The number of aryl methyl sites for hydroxylation is 1. The van der Waals surface area contributed by atoms with Gasteiger partial charge in [-0.25, -0.2) is 8.42 Å². The Labute approximate surface area is 170 Å². The van der Waals surface area contributed by atoms with Crippen molar-refractivity contribution in [3.05, 3.63) is 83.9 Å². The molecule has 0 spiro atoms. The van der Waals surface area contributed by atoms with E-state index >= 15 is 0 Å². The number of carbonyl (C=O) groups is 1. The highest BCUT2D eigenvalue weighted by molar-refractivity contribution is 7.92. The molecule has 0 fully saturated rings. The van der Waals surface area contributed by atoms with Gasteiger partial charge in [-0.3, -0.25) is 9.52 Å². The van der Waals surface area contributed by atoms with Gasteiger partial charge in [-0.05, 0) is 74.0 Å².